The molecule has 3 aromatic carbocycles. The molecule has 0 radical (unpaired) electrons. The van der Waals surface area contributed by atoms with Crippen molar-refractivity contribution in [2.75, 3.05) is 23.1 Å². The van der Waals surface area contributed by atoms with E-state index in [0.717, 1.165) is 17.9 Å². The van der Waals surface area contributed by atoms with Gasteiger partial charge < -0.3 is 5.32 Å². The van der Waals surface area contributed by atoms with Gasteiger partial charge in [0.15, 0.2) is 0 Å². The summed E-state index contributed by atoms with van der Waals surface area (Å²) in [5.74, 6) is 2.18. The fourth-order valence-corrected chi connectivity index (χ4v) is 5.61. The first-order valence-corrected chi connectivity index (χ1v) is 12.8. The van der Waals surface area contributed by atoms with E-state index in [1.807, 2.05) is 23.5 Å². The predicted molar refractivity (Wildman–Crippen MR) is 137 cm³/mol. The van der Waals surface area contributed by atoms with Crippen molar-refractivity contribution >= 4 is 34.8 Å². The lowest BCUT2D eigenvalue weighted by molar-refractivity contribution is 0.707. The second-order valence-electron chi connectivity index (χ2n) is 8.27. The summed E-state index contributed by atoms with van der Waals surface area (Å²) in [4.78, 5) is 1.32. The molecule has 0 atom stereocenters. The first kappa shape index (κ1) is 21.1. The van der Waals surface area contributed by atoms with Gasteiger partial charge in [0.1, 0.15) is 0 Å². The molecule has 4 rings (SSSR count). The van der Waals surface area contributed by atoms with Gasteiger partial charge in [0.05, 0.1) is 5.54 Å². The van der Waals surface area contributed by atoms with Gasteiger partial charge in [0.2, 0.25) is 0 Å². The van der Waals surface area contributed by atoms with Gasteiger partial charge in [-0.3, -0.25) is 0 Å². The average Bonchev–Trinajstić information content (AvgIpc) is 2.76. The third-order valence-electron chi connectivity index (χ3n) is 5.41. The Labute approximate surface area is 189 Å². The van der Waals surface area contributed by atoms with E-state index >= 15 is 0 Å². The van der Waals surface area contributed by atoms with E-state index in [9.17, 15) is 0 Å². The van der Waals surface area contributed by atoms with Gasteiger partial charge in [-0.15, -0.1) is 11.8 Å². The summed E-state index contributed by atoms with van der Waals surface area (Å²) in [6.45, 7) is 4.50. The first-order chi connectivity index (χ1) is 14.6. The topological polar surface area (TPSA) is 12.0 Å². The Morgan fingerprint density at radius 2 is 1.63 bits per heavy atom. The molecular weight excluding hydrogens is 402 g/mol. The van der Waals surface area contributed by atoms with Gasteiger partial charge in [-0.2, -0.15) is 11.8 Å². The van der Waals surface area contributed by atoms with Crippen LogP contribution in [0, 0.1) is 0 Å². The number of anilines is 1. The standard InChI is InChI=1S/C27H29NS2/c1-27(2)18-22(19-30-16-15-20-9-5-4-6-10-20)24-17-21(13-14-25(24)28-27)23-11-7-8-12-26(23)29-3/h4-14,17-18,28H,15-16,19H2,1-3H3. The molecule has 1 nitrogen and oxygen atoms in total. The highest BCUT2D eigenvalue weighted by Gasteiger charge is 2.24. The Morgan fingerprint density at radius 1 is 0.867 bits per heavy atom. The summed E-state index contributed by atoms with van der Waals surface area (Å²) in [5.41, 5.74) is 8.02. The molecule has 1 heterocycles. The fourth-order valence-electron chi connectivity index (χ4n) is 4.00. The van der Waals surface area contributed by atoms with Crippen molar-refractivity contribution in [2.24, 2.45) is 0 Å². The van der Waals surface area contributed by atoms with Crippen molar-refractivity contribution in [3.8, 4) is 11.1 Å². The number of fused-ring (bicyclic) bond motifs is 1. The van der Waals surface area contributed by atoms with E-state index < -0.39 is 0 Å². The number of benzene rings is 3. The smallest absolute Gasteiger partial charge is 0.0506 e. The minimum atomic E-state index is -0.0268. The molecule has 0 aromatic heterocycles. The SMILES string of the molecule is CSc1ccccc1-c1ccc2c(c1)C(CSCCc1ccccc1)=CC(C)(C)N2. The second-order valence-corrected chi connectivity index (χ2v) is 10.2. The number of thioether (sulfide) groups is 2. The van der Waals surface area contributed by atoms with Gasteiger partial charge in [-0.1, -0.05) is 60.7 Å². The molecule has 154 valence electrons. The molecule has 0 saturated carbocycles. The molecule has 30 heavy (non-hydrogen) atoms. The average molecular weight is 432 g/mol. The molecule has 0 amide bonds. The highest BCUT2D eigenvalue weighted by atomic mass is 32.2. The number of aryl methyl sites for hydroxylation is 1. The third-order valence-corrected chi connectivity index (χ3v) is 7.21. The highest BCUT2D eigenvalue weighted by Crippen LogP contribution is 2.39. The lowest BCUT2D eigenvalue weighted by Gasteiger charge is -2.32. The Balaban J connectivity index is 1.56. The summed E-state index contributed by atoms with van der Waals surface area (Å²) in [6.07, 6.45) is 5.68. The molecule has 0 saturated heterocycles. The van der Waals surface area contributed by atoms with Gasteiger partial charge in [0, 0.05) is 21.9 Å². The van der Waals surface area contributed by atoms with Gasteiger partial charge in [-0.05, 0) is 72.7 Å². The number of hydrogen-bond acceptors (Lipinski definition) is 3. The summed E-state index contributed by atoms with van der Waals surface area (Å²) in [7, 11) is 0. The van der Waals surface area contributed by atoms with Crippen LogP contribution in [-0.4, -0.2) is 23.3 Å². The van der Waals surface area contributed by atoms with Crippen LogP contribution in [0.15, 0.2) is 83.8 Å². The van der Waals surface area contributed by atoms with Crippen molar-refractivity contribution < 1.29 is 0 Å². The minimum Gasteiger partial charge on any atom is -0.376 e. The van der Waals surface area contributed by atoms with E-state index in [1.54, 1.807) is 0 Å². The normalized spacial score (nSPS) is 14.6. The fraction of sp³-hybridized carbons (Fsp3) is 0.259. The van der Waals surface area contributed by atoms with Crippen LogP contribution in [-0.2, 0) is 6.42 Å². The quantitative estimate of drug-likeness (QED) is 0.305. The minimum absolute atomic E-state index is 0.0268. The van der Waals surface area contributed by atoms with Crippen LogP contribution < -0.4 is 5.32 Å². The maximum atomic E-state index is 3.70. The van der Waals surface area contributed by atoms with Gasteiger partial charge in [-0.25, -0.2) is 0 Å². The van der Waals surface area contributed by atoms with Crippen LogP contribution in [0.1, 0.15) is 25.0 Å². The Hall–Kier alpha value is -2.10. The van der Waals surface area contributed by atoms with Crippen molar-refractivity contribution in [3.05, 3.63) is 90.0 Å². The lowest BCUT2D eigenvalue weighted by atomic mass is 9.89. The van der Waals surface area contributed by atoms with Crippen LogP contribution in [0.2, 0.25) is 0 Å². The molecule has 1 aliphatic rings. The van der Waals surface area contributed by atoms with E-state index in [1.165, 1.54) is 38.4 Å². The van der Waals surface area contributed by atoms with Crippen LogP contribution in [0.3, 0.4) is 0 Å². The predicted octanol–water partition coefficient (Wildman–Crippen LogP) is 7.64. The zero-order chi connectivity index (χ0) is 21.0. The van der Waals surface area contributed by atoms with E-state index in [0.29, 0.717) is 0 Å². The van der Waals surface area contributed by atoms with Crippen LogP contribution in [0.25, 0.3) is 16.7 Å². The molecule has 1 aliphatic heterocycles. The molecule has 3 aromatic rings. The number of hydrogen-bond donors (Lipinski definition) is 1. The molecule has 0 unspecified atom stereocenters. The molecule has 0 aliphatic carbocycles. The largest absolute Gasteiger partial charge is 0.376 e. The summed E-state index contributed by atoms with van der Waals surface area (Å²) in [5, 5.41) is 3.70. The summed E-state index contributed by atoms with van der Waals surface area (Å²) in [6, 6.07) is 26.3. The van der Waals surface area contributed by atoms with E-state index in [2.05, 4.69) is 104 Å². The van der Waals surface area contributed by atoms with Crippen LogP contribution >= 0.6 is 23.5 Å². The van der Waals surface area contributed by atoms with Crippen molar-refractivity contribution in [3.63, 3.8) is 0 Å². The second kappa shape index (κ2) is 9.36. The summed E-state index contributed by atoms with van der Waals surface area (Å²) < 4.78 is 0. The Bertz CT molecular complexity index is 1040. The zero-order valence-electron chi connectivity index (χ0n) is 17.9. The molecular formula is C27H29NS2. The maximum Gasteiger partial charge on any atom is 0.0506 e. The summed E-state index contributed by atoms with van der Waals surface area (Å²) >= 11 is 3.84. The van der Waals surface area contributed by atoms with Crippen LogP contribution in [0.4, 0.5) is 5.69 Å². The van der Waals surface area contributed by atoms with Crippen LogP contribution in [0.5, 0.6) is 0 Å². The van der Waals surface area contributed by atoms with Gasteiger partial charge >= 0.3 is 0 Å². The number of rotatable bonds is 7. The maximum absolute atomic E-state index is 3.70. The first-order valence-electron chi connectivity index (χ1n) is 10.5. The molecule has 0 spiro atoms. The Kier molecular flexibility index (Phi) is 6.60. The van der Waals surface area contributed by atoms with E-state index in [4.69, 9.17) is 0 Å². The Morgan fingerprint density at radius 3 is 2.43 bits per heavy atom. The monoisotopic (exact) mass is 431 g/mol. The molecule has 0 fully saturated rings. The van der Waals surface area contributed by atoms with Crippen molar-refractivity contribution in [1.82, 2.24) is 0 Å². The third kappa shape index (κ3) is 4.96. The lowest BCUT2D eigenvalue weighted by Crippen LogP contribution is -2.32. The van der Waals surface area contributed by atoms with Gasteiger partial charge in [0.25, 0.3) is 0 Å². The molecule has 0 bridgehead atoms. The number of nitrogens with one attached hydrogen (secondary N) is 1. The highest BCUT2D eigenvalue weighted by molar-refractivity contribution is 7.99. The van der Waals surface area contributed by atoms with Crippen molar-refractivity contribution in [2.45, 2.75) is 30.7 Å². The zero-order valence-corrected chi connectivity index (χ0v) is 19.6. The van der Waals surface area contributed by atoms with E-state index in [-0.39, 0.29) is 5.54 Å². The molecule has 3 heteroatoms. The van der Waals surface area contributed by atoms with Crippen molar-refractivity contribution in [1.29, 1.82) is 0 Å². The molecule has 1 N–H and O–H groups in total.